The first kappa shape index (κ1) is 17.4. The lowest BCUT2D eigenvalue weighted by molar-refractivity contribution is -0.649. The number of carbonyl (C=O) groups excluding carboxylic acids is 1. The topological polar surface area (TPSA) is 87.9 Å². The van der Waals surface area contributed by atoms with Crippen LogP contribution in [-0.2, 0) is 6.42 Å². The molecule has 134 valence electrons. The number of aromatic nitrogens is 1. The Bertz CT molecular complexity index is 891. The molecule has 2 aromatic rings. The molecule has 0 fully saturated rings. The second kappa shape index (κ2) is 6.84. The van der Waals surface area contributed by atoms with E-state index in [0.717, 1.165) is 6.54 Å². The molecular weight excluding hydrogens is 325 g/mol. The number of halogens is 1. The van der Waals surface area contributed by atoms with Crippen molar-refractivity contribution in [1.29, 1.82) is 0 Å². The molecule has 0 aliphatic carbocycles. The summed E-state index contributed by atoms with van der Waals surface area (Å²) in [7, 11) is 0. The third-order valence-corrected chi connectivity index (χ3v) is 4.74. The van der Waals surface area contributed by atoms with Crippen molar-refractivity contribution in [3.8, 4) is 5.75 Å². The number of nitrogens with two attached hydrogens (primary N) is 1. The first-order valence-corrected chi connectivity index (χ1v) is 8.65. The van der Waals surface area contributed by atoms with E-state index in [1.54, 1.807) is 0 Å². The molecule has 0 saturated heterocycles. The van der Waals surface area contributed by atoms with Crippen LogP contribution in [0.15, 0.2) is 16.9 Å². The van der Waals surface area contributed by atoms with E-state index in [1.807, 2.05) is 19.2 Å². The van der Waals surface area contributed by atoms with Gasteiger partial charge in [0.05, 0.1) is 25.2 Å². The van der Waals surface area contributed by atoms with Gasteiger partial charge in [0.1, 0.15) is 17.1 Å². The molecule has 1 amide bonds. The van der Waals surface area contributed by atoms with Crippen LogP contribution in [0, 0.1) is 5.82 Å². The van der Waals surface area contributed by atoms with Crippen molar-refractivity contribution in [2.45, 2.75) is 32.7 Å². The Morgan fingerprint density at radius 1 is 1.48 bits per heavy atom. The number of benzene rings is 1. The molecule has 1 aliphatic heterocycles. The zero-order valence-corrected chi connectivity index (χ0v) is 14.4. The van der Waals surface area contributed by atoms with Crippen molar-refractivity contribution in [2.75, 3.05) is 19.6 Å². The van der Waals surface area contributed by atoms with Crippen molar-refractivity contribution in [2.24, 2.45) is 0 Å². The van der Waals surface area contributed by atoms with Crippen LogP contribution in [0.1, 0.15) is 42.2 Å². The number of nitrogens with one attached hydrogen (secondary N) is 1. The number of hydrogen-bond acceptors (Lipinski definition) is 3. The van der Waals surface area contributed by atoms with Gasteiger partial charge in [-0.25, -0.2) is 4.39 Å². The lowest BCUT2D eigenvalue weighted by Crippen LogP contribution is -2.85. The van der Waals surface area contributed by atoms with E-state index in [9.17, 15) is 19.1 Å². The normalized spacial score (nSPS) is 16.2. The summed E-state index contributed by atoms with van der Waals surface area (Å²) in [5.41, 5.74) is 0.375. The van der Waals surface area contributed by atoms with Crippen LogP contribution in [0.2, 0.25) is 0 Å². The van der Waals surface area contributed by atoms with E-state index in [-0.39, 0.29) is 17.0 Å². The third kappa shape index (κ3) is 3.00. The van der Waals surface area contributed by atoms with Crippen LogP contribution >= 0.6 is 0 Å². The molecule has 25 heavy (non-hydrogen) atoms. The van der Waals surface area contributed by atoms with E-state index >= 15 is 0 Å². The summed E-state index contributed by atoms with van der Waals surface area (Å²) in [6.07, 6.45) is 1.31. The van der Waals surface area contributed by atoms with Crippen LogP contribution in [0.4, 0.5) is 4.39 Å². The number of pyridine rings is 1. The number of likely N-dealkylation sites (N-methyl/N-ethyl adjacent to an activating group) is 1. The molecular formula is C18H23FN3O3+. The molecule has 0 radical (unpaired) electrons. The van der Waals surface area contributed by atoms with Gasteiger partial charge in [-0.3, -0.25) is 9.59 Å². The van der Waals surface area contributed by atoms with E-state index in [4.69, 9.17) is 0 Å². The number of carbonyl (C=O) groups is 1. The van der Waals surface area contributed by atoms with Gasteiger partial charge >= 0.3 is 0 Å². The molecule has 4 N–H and O–H groups in total. The highest BCUT2D eigenvalue weighted by Crippen LogP contribution is 2.35. The molecule has 0 unspecified atom stereocenters. The summed E-state index contributed by atoms with van der Waals surface area (Å²) in [4.78, 5) is 25.4. The molecule has 1 aliphatic rings. The number of amides is 1. The fourth-order valence-electron chi connectivity index (χ4n) is 3.47. The van der Waals surface area contributed by atoms with E-state index in [1.165, 1.54) is 16.7 Å². The van der Waals surface area contributed by atoms with Gasteiger partial charge in [-0.2, -0.15) is 0 Å². The highest BCUT2D eigenvalue weighted by atomic mass is 19.1. The summed E-state index contributed by atoms with van der Waals surface area (Å²) in [5.74, 6) is -1.55. The van der Waals surface area contributed by atoms with Gasteiger partial charge in [0.25, 0.3) is 11.5 Å². The fourth-order valence-corrected chi connectivity index (χ4v) is 3.47. The largest absolute Gasteiger partial charge is 0.506 e. The molecule has 1 atom stereocenters. The van der Waals surface area contributed by atoms with Crippen molar-refractivity contribution >= 4 is 16.8 Å². The first-order valence-electron chi connectivity index (χ1n) is 8.65. The minimum absolute atomic E-state index is 0.117. The van der Waals surface area contributed by atoms with Crippen LogP contribution in [-0.4, -0.2) is 35.2 Å². The van der Waals surface area contributed by atoms with Crippen LogP contribution in [0.3, 0.4) is 0 Å². The van der Waals surface area contributed by atoms with Gasteiger partial charge in [-0.15, -0.1) is 0 Å². The molecule has 7 heteroatoms. The lowest BCUT2D eigenvalue weighted by Gasteiger charge is -2.26. The number of aryl methyl sites for hydroxylation is 1. The summed E-state index contributed by atoms with van der Waals surface area (Å²) < 4.78 is 15.4. The van der Waals surface area contributed by atoms with E-state index < -0.39 is 23.0 Å². The van der Waals surface area contributed by atoms with Crippen molar-refractivity contribution in [3.05, 3.63) is 39.4 Å². The molecule has 0 bridgehead atoms. The van der Waals surface area contributed by atoms with Crippen LogP contribution < -0.4 is 16.2 Å². The molecule has 2 heterocycles. The van der Waals surface area contributed by atoms with Crippen LogP contribution in [0.5, 0.6) is 5.75 Å². The maximum absolute atomic E-state index is 13.9. The average molecular weight is 348 g/mol. The molecule has 0 spiro atoms. The van der Waals surface area contributed by atoms with Crippen molar-refractivity contribution in [1.82, 2.24) is 9.88 Å². The Kier molecular flexibility index (Phi) is 4.76. The van der Waals surface area contributed by atoms with Gasteiger partial charge in [-0.1, -0.05) is 0 Å². The summed E-state index contributed by atoms with van der Waals surface area (Å²) in [5, 5.41) is 15.4. The zero-order chi connectivity index (χ0) is 18.1. The Morgan fingerprint density at radius 2 is 2.24 bits per heavy atom. The maximum Gasteiger partial charge on any atom is 0.267 e. The quantitative estimate of drug-likeness (QED) is 0.694. The minimum Gasteiger partial charge on any atom is -0.506 e. The monoisotopic (exact) mass is 348 g/mol. The first-order chi connectivity index (χ1) is 12.0. The Morgan fingerprint density at radius 3 is 2.96 bits per heavy atom. The number of hydrogen-bond donors (Lipinski definition) is 3. The number of rotatable bonds is 5. The Labute approximate surface area is 144 Å². The summed E-state index contributed by atoms with van der Waals surface area (Å²) >= 11 is 0. The zero-order valence-electron chi connectivity index (χ0n) is 14.4. The highest BCUT2D eigenvalue weighted by molar-refractivity contribution is 6.03. The lowest BCUT2D eigenvalue weighted by atomic mass is 9.95. The smallest absolute Gasteiger partial charge is 0.267 e. The standard InChI is InChI=1S/C18H22FN3O3/c1-3-20-6-7-21-17(24)14-16(23)13-9-12(19)8-11-5-4-10(2)22(15(11)13)18(14)25/h8-10,20,23H,3-7H2,1-2H3,(H,21,24)/p+1/t10-/m0/s1. The van der Waals surface area contributed by atoms with Gasteiger partial charge < -0.3 is 20.3 Å². The minimum atomic E-state index is -0.624. The predicted molar refractivity (Wildman–Crippen MR) is 92.5 cm³/mol. The summed E-state index contributed by atoms with van der Waals surface area (Å²) in [6, 6.07) is 2.46. The number of aromatic hydroxyl groups is 1. The third-order valence-electron chi connectivity index (χ3n) is 4.74. The molecule has 6 nitrogen and oxygen atoms in total. The number of nitrogens with zero attached hydrogens (tertiary/aromatic N) is 1. The second-order valence-electron chi connectivity index (χ2n) is 6.49. The fraction of sp³-hybridized carbons (Fsp3) is 0.444. The molecule has 1 aromatic heterocycles. The summed E-state index contributed by atoms with van der Waals surface area (Å²) in [6.45, 7) is 5.85. The van der Waals surface area contributed by atoms with Gasteiger partial charge in [0, 0.05) is 11.4 Å². The van der Waals surface area contributed by atoms with Gasteiger partial charge in [-0.05, 0) is 44.4 Å². The molecule has 0 saturated carbocycles. The van der Waals surface area contributed by atoms with Gasteiger partial charge in [0.15, 0.2) is 0 Å². The predicted octanol–water partition coefficient (Wildman–Crippen LogP) is 0.666. The van der Waals surface area contributed by atoms with Crippen molar-refractivity contribution < 1.29 is 19.6 Å². The average Bonchev–Trinajstić information content (AvgIpc) is 2.57. The maximum atomic E-state index is 13.9. The molecule has 1 aromatic carbocycles. The SMILES string of the molecule is CC[NH2+]CCNC(=O)c1c(O)c2cc(F)cc3c2n(c1=O)[C@@H](C)CC3. The van der Waals surface area contributed by atoms with Gasteiger partial charge in [0.2, 0.25) is 0 Å². The Hall–Kier alpha value is -2.41. The van der Waals surface area contributed by atoms with Crippen molar-refractivity contribution in [3.63, 3.8) is 0 Å². The second-order valence-corrected chi connectivity index (χ2v) is 6.49. The van der Waals surface area contributed by atoms with Crippen LogP contribution in [0.25, 0.3) is 10.9 Å². The highest BCUT2D eigenvalue weighted by Gasteiger charge is 2.28. The van der Waals surface area contributed by atoms with E-state index in [0.29, 0.717) is 37.0 Å². The Balaban J connectivity index is 2.14. The molecule has 3 rings (SSSR count). The van der Waals surface area contributed by atoms with E-state index in [2.05, 4.69) is 5.32 Å². The number of quaternary nitrogens is 1.